The number of allylic oxidation sites excluding steroid dienone is 4. The van der Waals surface area contributed by atoms with Crippen molar-refractivity contribution in [3.63, 3.8) is 0 Å². The van der Waals surface area contributed by atoms with Crippen LogP contribution in [0.15, 0.2) is 23.8 Å². The van der Waals surface area contributed by atoms with Crippen LogP contribution in [0.1, 0.15) is 53.4 Å². The number of alkyl halides is 2. The summed E-state index contributed by atoms with van der Waals surface area (Å²) in [6, 6.07) is 0. The maximum absolute atomic E-state index is 17.0. The number of aliphatic hydroxyl groups is 1. The van der Waals surface area contributed by atoms with Gasteiger partial charge in [0.05, 0.1) is 6.10 Å². The van der Waals surface area contributed by atoms with E-state index in [1.54, 1.807) is 6.92 Å². The average molecular weight is 408 g/mol. The summed E-state index contributed by atoms with van der Waals surface area (Å²) in [5.74, 6) is -1.66. The van der Waals surface area contributed by atoms with E-state index in [1.165, 1.54) is 25.2 Å². The molecule has 1 N–H and O–H groups in total. The molecular formula is C23H30F2O4. The predicted octanol–water partition coefficient (Wildman–Crippen LogP) is 3.87. The van der Waals surface area contributed by atoms with Gasteiger partial charge in [0.15, 0.2) is 11.5 Å². The zero-order valence-electron chi connectivity index (χ0n) is 17.5. The Kier molecular flexibility index (Phi) is 4.62. The number of hydrogen-bond donors (Lipinski definition) is 1. The van der Waals surface area contributed by atoms with E-state index in [0.29, 0.717) is 12.8 Å². The van der Waals surface area contributed by atoms with Crippen LogP contribution in [0.2, 0.25) is 0 Å². The first-order chi connectivity index (χ1) is 13.5. The summed E-state index contributed by atoms with van der Waals surface area (Å²) < 4.78 is 38.0. The molecule has 0 aliphatic heterocycles. The molecule has 9 atom stereocenters. The monoisotopic (exact) mass is 408 g/mol. The van der Waals surface area contributed by atoms with E-state index in [4.69, 9.17) is 4.74 Å². The average Bonchev–Trinajstić information content (AvgIpc) is 2.91. The lowest BCUT2D eigenvalue weighted by atomic mass is 9.45. The molecule has 0 unspecified atom stereocenters. The van der Waals surface area contributed by atoms with E-state index >= 15 is 8.78 Å². The van der Waals surface area contributed by atoms with Gasteiger partial charge in [-0.1, -0.05) is 19.9 Å². The van der Waals surface area contributed by atoms with Crippen molar-refractivity contribution in [1.29, 1.82) is 0 Å². The van der Waals surface area contributed by atoms with Crippen molar-refractivity contribution in [3.8, 4) is 0 Å². The van der Waals surface area contributed by atoms with Gasteiger partial charge in [-0.15, -0.1) is 0 Å². The molecule has 3 saturated carbocycles. The molecule has 0 aromatic heterocycles. The molecule has 160 valence electrons. The lowest BCUT2D eigenvalue weighted by molar-refractivity contribution is -0.216. The SMILES string of the molecule is CC[C@]12C[C@H](O)[C@@]3(F)[C@@H](C[C@H](F)C4=CC(=O)C=C[C@@]43C)[C@@H]1C[C@@H](C)[C@H]2OC(C)=O. The first kappa shape index (κ1) is 20.7. The van der Waals surface area contributed by atoms with Gasteiger partial charge >= 0.3 is 5.97 Å². The van der Waals surface area contributed by atoms with Gasteiger partial charge in [-0.2, -0.15) is 0 Å². The maximum Gasteiger partial charge on any atom is 0.302 e. The second kappa shape index (κ2) is 6.47. The van der Waals surface area contributed by atoms with Crippen molar-refractivity contribution < 1.29 is 28.2 Å². The third-order valence-electron chi connectivity index (χ3n) is 8.56. The Labute approximate surface area is 170 Å². The number of ketones is 1. The van der Waals surface area contributed by atoms with Crippen LogP contribution >= 0.6 is 0 Å². The molecule has 3 fully saturated rings. The largest absolute Gasteiger partial charge is 0.462 e. The van der Waals surface area contributed by atoms with Gasteiger partial charge in [0, 0.05) is 23.7 Å². The number of fused-ring (bicyclic) bond motifs is 5. The quantitative estimate of drug-likeness (QED) is 0.705. The highest BCUT2D eigenvalue weighted by atomic mass is 19.1. The summed E-state index contributed by atoms with van der Waals surface area (Å²) in [6.45, 7) is 6.92. The van der Waals surface area contributed by atoms with Gasteiger partial charge in [-0.3, -0.25) is 9.59 Å². The van der Waals surface area contributed by atoms with Gasteiger partial charge in [0.2, 0.25) is 0 Å². The number of hydrogen-bond acceptors (Lipinski definition) is 4. The van der Waals surface area contributed by atoms with Crippen molar-refractivity contribution in [2.24, 2.45) is 28.6 Å². The molecule has 0 bridgehead atoms. The number of aliphatic hydroxyl groups excluding tert-OH is 1. The molecule has 0 amide bonds. The Hall–Kier alpha value is -1.56. The zero-order valence-corrected chi connectivity index (χ0v) is 17.5. The van der Waals surface area contributed by atoms with Crippen molar-refractivity contribution in [1.82, 2.24) is 0 Å². The van der Waals surface area contributed by atoms with Gasteiger partial charge in [0.25, 0.3) is 0 Å². The minimum Gasteiger partial charge on any atom is -0.462 e. The normalized spacial score (nSPS) is 51.0. The number of carbonyl (C=O) groups excluding carboxylic acids is 2. The van der Waals surface area contributed by atoms with Crippen LogP contribution in [0, 0.1) is 28.6 Å². The Bertz CT molecular complexity index is 807. The molecule has 4 rings (SSSR count). The van der Waals surface area contributed by atoms with Gasteiger partial charge in [-0.25, -0.2) is 8.78 Å². The standard InChI is InChI=1S/C23H30F2O4/c1-5-22-11-19(28)23(25)16(15(22)8-12(2)20(22)29-13(3)26)10-18(24)17-9-14(27)6-7-21(17,23)4/h6-7,9,12,15-16,18-20,28H,5,8,10-11H2,1-4H3/t12-,15+,16+,18+,19+,20-,21+,22+,23+/m1/s1. The minimum absolute atomic E-state index is 0.00434. The molecule has 4 aliphatic rings. The summed E-state index contributed by atoms with van der Waals surface area (Å²) in [4.78, 5) is 23.6. The summed E-state index contributed by atoms with van der Waals surface area (Å²) in [7, 11) is 0. The van der Waals surface area contributed by atoms with Crippen molar-refractivity contribution in [2.75, 3.05) is 0 Å². The molecule has 0 aromatic rings. The summed E-state index contributed by atoms with van der Waals surface area (Å²) in [5.41, 5.74) is -3.89. The van der Waals surface area contributed by atoms with Crippen LogP contribution in [0.4, 0.5) is 8.78 Å². The van der Waals surface area contributed by atoms with Gasteiger partial charge < -0.3 is 9.84 Å². The third-order valence-corrected chi connectivity index (χ3v) is 8.56. The van der Waals surface area contributed by atoms with Crippen molar-refractivity contribution in [2.45, 2.75) is 77.4 Å². The fourth-order valence-corrected chi connectivity index (χ4v) is 7.32. The van der Waals surface area contributed by atoms with Crippen molar-refractivity contribution >= 4 is 11.8 Å². The lowest BCUT2D eigenvalue weighted by Gasteiger charge is -2.62. The summed E-state index contributed by atoms with van der Waals surface area (Å²) in [6.07, 6.45) is 2.08. The summed E-state index contributed by atoms with van der Waals surface area (Å²) in [5, 5.41) is 11.2. The molecule has 0 saturated heterocycles. The number of halogens is 2. The van der Waals surface area contributed by atoms with E-state index in [9.17, 15) is 14.7 Å². The van der Waals surface area contributed by atoms with Crippen molar-refractivity contribution in [3.05, 3.63) is 23.8 Å². The molecule has 0 spiro atoms. The fraction of sp³-hybridized carbons (Fsp3) is 0.739. The highest BCUT2D eigenvalue weighted by molar-refractivity contribution is 6.01. The maximum atomic E-state index is 17.0. The molecule has 0 aromatic carbocycles. The molecule has 0 radical (unpaired) electrons. The number of ether oxygens (including phenoxy) is 1. The molecule has 0 heterocycles. The van der Waals surface area contributed by atoms with Crippen LogP contribution in [0.25, 0.3) is 0 Å². The van der Waals surface area contributed by atoms with E-state index in [-0.39, 0.29) is 42.0 Å². The first-order valence-corrected chi connectivity index (χ1v) is 10.6. The zero-order chi connectivity index (χ0) is 21.4. The van der Waals surface area contributed by atoms with Crippen LogP contribution in [0.5, 0.6) is 0 Å². The lowest BCUT2D eigenvalue weighted by Crippen LogP contribution is -2.68. The van der Waals surface area contributed by atoms with Crippen LogP contribution in [0.3, 0.4) is 0 Å². The van der Waals surface area contributed by atoms with Gasteiger partial charge in [-0.05, 0) is 62.2 Å². The topological polar surface area (TPSA) is 63.6 Å². The second-order valence-electron chi connectivity index (χ2n) is 9.77. The molecule has 6 heteroatoms. The second-order valence-corrected chi connectivity index (χ2v) is 9.77. The number of carbonyl (C=O) groups is 2. The van der Waals surface area contributed by atoms with Gasteiger partial charge in [0.1, 0.15) is 12.3 Å². The van der Waals surface area contributed by atoms with E-state index in [1.807, 2.05) is 13.8 Å². The first-order valence-electron chi connectivity index (χ1n) is 10.6. The minimum atomic E-state index is -2.08. The molecular weight excluding hydrogens is 378 g/mol. The molecule has 4 nitrogen and oxygen atoms in total. The highest BCUT2D eigenvalue weighted by Gasteiger charge is 2.73. The Morgan fingerprint density at radius 2 is 2.03 bits per heavy atom. The fourth-order valence-electron chi connectivity index (χ4n) is 7.32. The molecule has 4 aliphatic carbocycles. The van der Waals surface area contributed by atoms with Crippen LogP contribution < -0.4 is 0 Å². The summed E-state index contributed by atoms with van der Waals surface area (Å²) >= 11 is 0. The number of esters is 1. The Balaban J connectivity index is 1.84. The predicted molar refractivity (Wildman–Crippen MR) is 103 cm³/mol. The van der Waals surface area contributed by atoms with E-state index in [2.05, 4.69) is 0 Å². The Morgan fingerprint density at radius 1 is 1.34 bits per heavy atom. The van der Waals surface area contributed by atoms with E-state index in [0.717, 1.165) is 0 Å². The van der Waals surface area contributed by atoms with E-state index < -0.39 is 40.8 Å². The Morgan fingerprint density at radius 3 is 2.66 bits per heavy atom. The van der Waals surface area contributed by atoms with Crippen LogP contribution in [-0.2, 0) is 14.3 Å². The number of rotatable bonds is 2. The van der Waals surface area contributed by atoms with Crippen LogP contribution in [-0.4, -0.2) is 40.9 Å². The smallest absolute Gasteiger partial charge is 0.302 e. The third kappa shape index (κ3) is 2.50. The highest BCUT2D eigenvalue weighted by Crippen LogP contribution is 2.69. The molecule has 29 heavy (non-hydrogen) atoms.